The van der Waals surface area contributed by atoms with Gasteiger partial charge < -0.3 is 14.3 Å². The van der Waals surface area contributed by atoms with Crippen molar-refractivity contribution in [3.63, 3.8) is 0 Å². The quantitative estimate of drug-likeness (QED) is 0.739. The molecule has 2 rings (SSSR count). The molecule has 1 aromatic rings. The Kier molecular flexibility index (Phi) is 2.51. The summed E-state index contributed by atoms with van der Waals surface area (Å²) < 4.78 is 8.33. The standard InChI is InChI=1S/C9H14N2OS/c1-12-8-4-2-3-7(8)11-6-5-10-9(11)13/h5-8H,2-4H2,1H3,(H,10,13). The molecule has 0 saturated heterocycles. The molecule has 3 nitrogen and oxygen atoms in total. The van der Waals surface area contributed by atoms with Crippen molar-refractivity contribution in [1.82, 2.24) is 9.55 Å². The van der Waals surface area contributed by atoms with Crippen molar-refractivity contribution >= 4 is 12.2 Å². The number of ether oxygens (including phenoxy) is 1. The van der Waals surface area contributed by atoms with Crippen LogP contribution in [-0.2, 0) is 4.74 Å². The number of H-pyrrole nitrogens is 1. The second kappa shape index (κ2) is 3.64. The molecule has 0 amide bonds. The molecule has 0 radical (unpaired) electrons. The first-order valence-corrected chi connectivity index (χ1v) is 5.02. The van der Waals surface area contributed by atoms with E-state index in [4.69, 9.17) is 17.0 Å². The zero-order valence-electron chi connectivity index (χ0n) is 7.69. The summed E-state index contributed by atoms with van der Waals surface area (Å²) in [5, 5.41) is 0. The van der Waals surface area contributed by atoms with Crippen molar-refractivity contribution in [2.45, 2.75) is 31.4 Å². The molecule has 1 saturated carbocycles. The normalized spacial score (nSPS) is 28.1. The number of imidazole rings is 1. The Balaban J connectivity index is 2.26. The predicted molar refractivity (Wildman–Crippen MR) is 53.3 cm³/mol. The van der Waals surface area contributed by atoms with Crippen LogP contribution in [-0.4, -0.2) is 22.8 Å². The van der Waals surface area contributed by atoms with Crippen LogP contribution < -0.4 is 0 Å². The molecule has 4 heteroatoms. The molecule has 0 bridgehead atoms. The van der Waals surface area contributed by atoms with Crippen LogP contribution >= 0.6 is 12.2 Å². The van der Waals surface area contributed by atoms with E-state index in [0.717, 1.165) is 11.2 Å². The topological polar surface area (TPSA) is 29.9 Å². The van der Waals surface area contributed by atoms with E-state index < -0.39 is 0 Å². The molecule has 0 aromatic carbocycles. The fraction of sp³-hybridized carbons (Fsp3) is 0.667. The Labute approximate surface area is 82.7 Å². The van der Waals surface area contributed by atoms with Crippen LogP contribution in [0, 0.1) is 4.77 Å². The molecule has 1 heterocycles. The second-order valence-electron chi connectivity index (χ2n) is 3.44. The van der Waals surface area contributed by atoms with E-state index in [1.807, 2.05) is 12.4 Å². The van der Waals surface area contributed by atoms with Gasteiger partial charge in [-0.15, -0.1) is 0 Å². The van der Waals surface area contributed by atoms with Gasteiger partial charge in [0, 0.05) is 19.5 Å². The highest BCUT2D eigenvalue weighted by Gasteiger charge is 2.28. The minimum absolute atomic E-state index is 0.336. The molecule has 1 aliphatic rings. The lowest BCUT2D eigenvalue weighted by Crippen LogP contribution is -2.20. The van der Waals surface area contributed by atoms with Gasteiger partial charge in [0.2, 0.25) is 0 Å². The monoisotopic (exact) mass is 198 g/mol. The van der Waals surface area contributed by atoms with Crippen molar-refractivity contribution in [2.75, 3.05) is 7.11 Å². The van der Waals surface area contributed by atoms with Crippen molar-refractivity contribution in [3.8, 4) is 0 Å². The van der Waals surface area contributed by atoms with Gasteiger partial charge in [-0.25, -0.2) is 0 Å². The van der Waals surface area contributed by atoms with E-state index in [0.29, 0.717) is 12.1 Å². The largest absolute Gasteiger partial charge is 0.379 e. The van der Waals surface area contributed by atoms with E-state index in [1.54, 1.807) is 7.11 Å². The maximum Gasteiger partial charge on any atom is 0.177 e. The van der Waals surface area contributed by atoms with Gasteiger partial charge >= 0.3 is 0 Å². The maximum atomic E-state index is 5.42. The average Bonchev–Trinajstić information content (AvgIpc) is 2.71. The van der Waals surface area contributed by atoms with Gasteiger partial charge in [0.25, 0.3) is 0 Å². The third kappa shape index (κ3) is 1.56. The summed E-state index contributed by atoms with van der Waals surface area (Å²) in [6.07, 6.45) is 7.77. The first-order chi connectivity index (χ1) is 6.33. The van der Waals surface area contributed by atoms with Crippen molar-refractivity contribution in [1.29, 1.82) is 0 Å². The highest BCUT2D eigenvalue weighted by Crippen LogP contribution is 2.31. The fourth-order valence-corrected chi connectivity index (χ4v) is 2.36. The van der Waals surface area contributed by atoms with Crippen LogP contribution in [0.25, 0.3) is 0 Å². The zero-order valence-corrected chi connectivity index (χ0v) is 8.51. The van der Waals surface area contributed by atoms with Gasteiger partial charge in [0.15, 0.2) is 4.77 Å². The average molecular weight is 198 g/mol. The minimum atomic E-state index is 0.336. The number of aromatic nitrogens is 2. The number of aromatic amines is 1. The summed E-state index contributed by atoms with van der Waals surface area (Å²) in [7, 11) is 1.78. The van der Waals surface area contributed by atoms with E-state index in [9.17, 15) is 0 Å². The lowest BCUT2D eigenvalue weighted by molar-refractivity contribution is 0.0745. The highest BCUT2D eigenvalue weighted by atomic mass is 32.1. The summed E-state index contributed by atoms with van der Waals surface area (Å²) in [6, 6.07) is 0.434. The maximum absolute atomic E-state index is 5.42. The summed E-state index contributed by atoms with van der Waals surface area (Å²) >= 11 is 5.17. The van der Waals surface area contributed by atoms with Crippen LogP contribution in [0.5, 0.6) is 0 Å². The molecule has 2 atom stereocenters. The number of methoxy groups -OCH3 is 1. The van der Waals surface area contributed by atoms with Crippen molar-refractivity contribution in [3.05, 3.63) is 17.2 Å². The fourth-order valence-electron chi connectivity index (χ4n) is 2.09. The molecule has 2 unspecified atom stereocenters. The summed E-state index contributed by atoms with van der Waals surface area (Å²) in [5.74, 6) is 0. The van der Waals surface area contributed by atoms with Crippen LogP contribution in [0.2, 0.25) is 0 Å². The molecular weight excluding hydrogens is 184 g/mol. The van der Waals surface area contributed by atoms with E-state index in [2.05, 4.69) is 9.55 Å². The summed E-state index contributed by atoms with van der Waals surface area (Å²) in [4.78, 5) is 3.01. The lowest BCUT2D eigenvalue weighted by atomic mass is 10.2. The Morgan fingerprint density at radius 3 is 3.08 bits per heavy atom. The van der Waals surface area contributed by atoms with Gasteiger partial charge in [-0.2, -0.15) is 0 Å². The van der Waals surface area contributed by atoms with E-state index in [1.165, 1.54) is 12.8 Å². The molecule has 1 fully saturated rings. The van der Waals surface area contributed by atoms with Gasteiger partial charge in [-0.3, -0.25) is 0 Å². The summed E-state index contributed by atoms with van der Waals surface area (Å²) in [5.41, 5.74) is 0. The molecule has 1 aromatic heterocycles. The molecule has 1 N–H and O–H groups in total. The van der Waals surface area contributed by atoms with Crippen LogP contribution in [0.15, 0.2) is 12.4 Å². The zero-order chi connectivity index (χ0) is 9.26. The number of hydrogen-bond donors (Lipinski definition) is 1. The third-order valence-corrected chi connectivity index (χ3v) is 3.08. The Hall–Kier alpha value is -0.610. The molecule has 72 valence electrons. The van der Waals surface area contributed by atoms with E-state index in [-0.39, 0.29) is 0 Å². The highest BCUT2D eigenvalue weighted by molar-refractivity contribution is 7.71. The molecule has 13 heavy (non-hydrogen) atoms. The molecule has 0 spiro atoms. The molecule has 0 aliphatic heterocycles. The van der Waals surface area contributed by atoms with Crippen molar-refractivity contribution < 1.29 is 4.74 Å². The van der Waals surface area contributed by atoms with Crippen LogP contribution in [0.4, 0.5) is 0 Å². The number of nitrogens with zero attached hydrogens (tertiary/aromatic N) is 1. The molecular formula is C9H14N2OS. The Morgan fingerprint density at radius 2 is 2.46 bits per heavy atom. The van der Waals surface area contributed by atoms with Crippen LogP contribution in [0.3, 0.4) is 0 Å². The van der Waals surface area contributed by atoms with Gasteiger partial charge in [-0.05, 0) is 31.5 Å². The number of rotatable bonds is 2. The van der Waals surface area contributed by atoms with E-state index >= 15 is 0 Å². The van der Waals surface area contributed by atoms with Crippen LogP contribution in [0.1, 0.15) is 25.3 Å². The predicted octanol–water partition coefficient (Wildman–Crippen LogP) is 2.29. The SMILES string of the molecule is COC1CCCC1n1cc[nH]c1=S. The second-order valence-corrected chi connectivity index (χ2v) is 3.83. The van der Waals surface area contributed by atoms with Gasteiger partial charge in [0.05, 0.1) is 12.1 Å². The smallest absolute Gasteiger partial charge is 0.177 e. The lowest BCUT2D eigenvalue weighted by Gasteiger charge is -2.19. The number of hydrogen-bond acceptors (Lipinski definition) is 2. The van der Waals surface area contributed by atoms with Gasteiger partial charge in [-0.1, -0.05) is 0 Å². The minimum Gasteiger partial charge on any atom is -0.379 e. The number of nitrogens with one attached hydrogen (secondary N) is 1. The van der Waals surface area contributed by atoms with Crippen molar-refractivity contribution in [2.24, 2.45) is 0 Å². The first kappa shape index (κ1) is 8.97. The van der Waals surface area contributed by atoms with Gasteiger partial charge in [0.1, 0.15) is 0 Å². The Bertz CT molecular complexity index is 330. The molecule has 1 aliphatic carbocycles. The third-order valence-electron chi connectivity index (χ3n) is 2.75. The summed E-state index contributed by atoms with van der Waals surface area (Å²) in [6.45, 7) is 0. The first-order valence-electron chi connectivity index (χ1n) is 4.61. The Morgan fingerprint density at radius 1 is 1.62 bits per heavy atom.